The Morgan fingerprint density at radius 1 is 1.59 bits per heavy atom. The molecule has 0 aliphatic carbocycles. The molecular formula is C12H17FN2O2. The minimum atomic E-state index is -0.415. The van der Waals surface area contributed by atoms with Gasteiger partial charge in [0.05, 0.1) is 12.5 Å². The van der Waals surface area contributed by atoms with Gasteiger partial charge in [0.15, 0.2) is 0 Å². The molecule has 0 aliphatic rings. The van der Waals surface area contributed by atoms with Crippen molar-refractivity contribution in [1.82, 2.24) is 5.32 Å². The van der Waals surface area contributed by atoms with Crippen molar-refractivity contribution in [2.24, 2.45) is 11.7 Å². The third-order valence-electron chi connectivity index (χ3n) is 2.36. The monoisotopic (exact) mass is 240 g/mol. The summed E-state index contributed by atoms with van der Waals surface area (Å²) in [5.41, 5.74) is 5.84. The summed E-state index contributed by atoms with van der Waals surface area (Å²) in [5.74, 6) is -0.538. The second-order valence-corrected chi connectivity index (χ2v) is 3.90. The Morgan fingerprint density at radius 2 is 2.29 bits per heavy atom. The van der Waals surface area contributed by atoms with Crippen LogP contribution in [0, 0.1) is 11.7 Å². The topological polar surface area (TPSA) is 64.3 Å². The molecule has 1 amide bonds. The van der Waals surface area contributed by atoms with Crippen molar-refractivity contribution in [3.63, 3.8) is 0 Å². The molecule has 0 aliphatic heterocycles. The molecule has 5 heteroatoms. The van der Waals surface area contributed by atoms with Crippen molar-refractivity contribution in [2.75, 3.05) is 13.7 Å². The molecule has 0 heterocycles. The van der Waals surface area contributed by atoms with E-state index in [1.54, 1.807) is 20.0 Å². The number of halogens is 1. The zero-order valence-electron chi connectivity index (χ0n) is 10.00. The molecule has 1 rings (SSSR count). The number of amides is 1. The van der Waals surface area contributed by atoms with Crippen LogP contribution in [0.3, 0.4) is 0 Å². The Hall–Kier alpha value is -1.62. The SMILES string of the molecule is CNCc1cc(F)ccc1OCC(C)C(N)=O. The van der Waals surface area contributed by atoms with E-state index in [1.807, 2.05) is 0 Å². The minimum Gasteiger partial charge on any atom is -0.492 e. The first kappa shape index (κ1) is 13.4. The molecule has 1 aromatic rings. The minimum absolute atomic E-state index is 0.192. The van der Waals surface area contributed by atoms with Gasteiger partial charge in [-0.1, -0.05) is 6.92 Å². The lowest BCUT2D eigenvalue weighted by Crippen LogP contribution is -2.26. The van der Waals surface area contributed by atoms with E-state index in [0.717, 1.165) is 0 Å². The molecule has 17 heavy (non-hydrogen) atoms. The first-order valence-electron chi connectivity index (χ1n) is 5.39. The number of carbonyl (C=O) groups is 1. The van der Waals surface area contributed by atoms with E-state index in [2.05, 4.69) is 5.32 Å². The van der Waals surface area contributed by atoms with Crippen LogP contribution in [0.25, 0.3) is 0 Å². The van der Waals surface area contributed by atoms with Crippen molar-refractivity contribution in [2.45, 2.75) is 13.5 Å². The lowest BCUT2D eigenvalue weighted by atomic mass is 10.1. The van der Waals surface area contributed by atoms with E-state index in [0.29, 0.717) is 17.9 Å². The van der Waals surface area contributed by atoms with Crippen molar-refractivity contribution < 1.29 is 13.9 Å². The van der Waals surface area contributed by atoms with Crippen LogP contribution in [0.1, 0.15) is 12.5 Å². The number of rotatable bonds is 6. The molecule has 0 radical (unpaired) electrons. The fourth-order valence-electron chi connectivity index (χ4n) is 1.31. The highest BCUT2D eigenvalue weighted by molar-refractivity contribution is 5.76. The molecule has 0 saturated carbocycles. The molecule has 0 spiro atoms. The van der Waals surface area contributed by atoms with Crippen LogP contribution in [-0.4, -0.2) is 19.6 Å². The van der Waals surface area contributed by atoms with E-state index in [4.69, 9.17) is 10.5 Å². The predicted octanol–water partition coefficient (Wildman–Crippen LogP) is 1.05. The zero-order valence-corrected chi connectivity index (χ0v) is 10.00. The highest BCUT2D eigenvalue weighted by atomic mass is 19.1. The van der Waals surface area contributed by atoms with Gasteiger partial charge in [-0.3, -0.25) is 4.79 Å². The number of ether oxygens (including phenoxy) is 1. The largest absolute Gasteiger partial charge is 0.492 e. The Balaban J connectivity index is 2.72. The first-order valence-corrected chi connectivity index (χ1v) is 5.39. The van der Waals surface area contributed by atoms with E-state index in [-0.39, 0.29) is 18.3 Å². The highest BCUT2D eigenvalue weighted by Crippen LogP contribution is 2.20. The van der Waals surface area contributed by atoms with E-state index >= 15 is 0 Å². The van der Waals surface area contributed by atoms with Gasteiger partial charge in [-0.2, -0.15) is 0 Å². The highest BCUT2D eigenvalue weighted by Gasteiger charge is 2.11. The molecule has 1 unspecified atom stereocenters. The first-order chi connectivity index (χ1) is 8.04. The van der Waals surface area contributed by atoms with E-state index < -0.39 is 5.91 Å². The molecule has 0 bridgehead atoms. The molecule has 4 nitrogen and oxygen atoms in total. The maximum atomic E-state index is 13.0. The Morgan fingerprint density at radius 3 is 2.88 bits per heavy atom. The molecule has 1 aromatic carbocycles. The standard InChI is InChI=1S/C12H17FN2O2/c1-8(12(14)16)7-17-11-4-3-10(13)5-9(11)6-15-2/h3-5,8,15H,6-7H2,1-2H3,(H2,14,16). The molecule has 94 valence electrons. The Labute approximate surface area is 100.0 Å². The Bertz CT molecular complexity index is 396. The summed E-state index contributed by atoms with van der Waals surface area (Å²) in [7, 11) is 1.76. The summed E-state index contributed by atoms with van der Waals surface area (Å²) in [6.07, 6.45) is 0. The summed E-state index contributed by atoms with van der Waals surface area (Å²) in [6, 6.07) is 4.28. The number of nitrogens with one attached hydrogen (secondary N) is 1. The molecule has 1 atom stereocenters. The number of hydrogen-bond acceptors (Lipinski definition) is 3. The molecule has 0 fully saturated rings. The summed E-state index contributed by atoms with van der Waals surface area (Å²) in [5, 5.41) is 2.92. The number of primary amides is 1. The third kappa shape index (κ3) is 4.03. The van der Waals surface area contributed by atoms with Gasteiger partial charge in [0, 0.05) is 12.1 Å². The van der Waals surface area contributed by atoms with Gasteiger partial charge in [-0.05, 0) is 25.2 Å². The average molecular weight is 240 g/mol. The molecule has 0 saturated heterocycles. The van der Waals surface area contributed by atoms with Gasteiger partial charge < -0.3 is 15.8 Å². The number of hydrogen-bond donors (Lipinski definition) is 2. The molecule has 0 aromatic heterocycles. The summed E-state index contributed by atoms with van der Waals surface area (Å²) >= 11 is 0. The van der Waals surface area contributed by atoms with Crippen LogP contribution < -0.4 is 15.8 Å². The van der Waals surface area contributed by atoms with E-state index in [9.17, 15) is 9.18 Å². The van der Waals surface area contributed by atoms with Gasteiger partial charge >= 0.3 is 0 Å². The number of benzene rings is 1. The zero-order chi connectivity index (χ0) is 12.8. The maximum absolute atomic E-state index is 13.0. The van der Waals surface area contributed by atoms with Gasteiger partial charge in [0.25, 0.3) is 0 Å². The number of nitrogens with two attached hydrogens (primary N) is 1. The lowest BCUT2D eigenvalue weighted by molar-refractivity contribution is -0.122. The van der Waals surface area contributed by atoms with Crippen molar-refractivity contribution in [3.05, 3.63) is 29.6 Å². The lowest BCUT2D eigenvalue weighted by Gasteiger charge is -2.13. The van der Waals surface area contributed by atoms with Crippen LogP contribution in [0.5, 0.6) is 5.75 Å². The molecular weight excluding hydrogens is 223 g/mol. The molecule has 3 N–H and O–H groups in total. The quantitative estimate of drug-likeness (QED) is 0.781. The summed E-state index contributed by atoms with van der Waals surface area (Å²) in [4.78, 5) is 10.9. The van der Waals surface area contributed by atoms with Crippen molar-refractivity contribution in [3.8, 4) is 5.75 Å². The summed E-state index contributed by atoms with van der Waals surface area (Å²) in [6.45, 7) is 2.37. The smallest absolute Gasteiger partial charge is 0.223 e. The number of carbonyl (C=O) groups excluding carboxylic acids is 1. The maximum Gasteiger partial charge on any atom is 0.223 e. The normalized spacial score (nSPS) is 12.2. The Kier molecular flexibility index (Phi) is 4.90. The predicted molar refractivity (Wildman–Crippen MR) is 63.0 cm³/mol. The van der Waals surface area contributed by atoms with Crippen LogP contribution in [0.4, 0.5) is 4.39 Å². The van der Waals surface area contributed by atoms with Crippen molar-refractivity contribution >= 4 is 5.91 Å². The average Bonchev–Trinajstić information content (AvgIpc) is 2.28. The third-order valence-corrected chi connectivity index (χ3v) is 2.36. The summed E-state index contributed by atoms with van der Waals surface area (Å²) < 4.78 is 18.5. The second-order valence-electron chi connectivity index (χ2n) is 3.90. The van der Waals surface area contributed by atoms with Gasteiger partial charge in [0.1, 0.15) is 11.6 Å². The van der Waals surface area contributed by atoms with Crippen LogP contribution in [-0.2, 0) is 11.3 Å². The van der Waals surface area contributed by atoms with Crippen LogP contribution in [0.15, 0.2) is 18.2 Å². The van der Waals surface area contributed by atoms with Gasteiger partial charge in [-0.25, -0.2) is 4.39 Å². The van der Waals surface area contributed by atoms with Crippen LogP contribution in [0.2, 0.25) is 0 Å². The fourth-order valence-corrected chi connectivity index (χ4v) is 1.31. The van der Waals surface area contributed by atoms with Crippen molar-refractivity contribution in [1.29, 1.82) is 0 Å². The van der Waals surface area contributed by atoms with Gasteiger partial charge in [0.2, 0.25) is 5.91 Å². The van der Waals surface area contributed by atoms with Gasteiger partial charge in [-0.15, -0.1) is 0 Å². The van der Waals surface area contributed by atoms with E-state index in [1.165, 1.54) is 12.1 Å². The second kappa shape index (κ2) is 6.20. The fraction of sp³-hybridized carbons (Fsp3) is 0.417. The van der Waals surface area contributed by atoms with Crippen LogP contribution >= 0.6 is 0 Å².